The van der Waals surface area contributed by atoms with E-state index in [2.05, 4.69) is 300 Å². The van der Waals surface area contributed by atoms with E-state index in [9.17, 15) is 0 Å². The molecule has 0 heterocycles. The van der Waals surface area contributed by atoms with Crippen LogP contribution in [0, 0.1) is 6.92 Å². The Morgan fingerprint density at radius 3 is 1.20 bits per heavy atom. The van der Waals surface area contributed by atoms with Gasteiger partial charge < -0.3 is 19.6 Å². The van der Waals surface area contributed by atoms with Crippen molar-refractivity contribution in [1.29, 1.82) is 0 Å². The van der Waals surface area contributed by atoms with E-state index >= 15 is 0 Å². The lowest BCUT2D eigenvalue weighted by Crippen LogP contribution is -2.14. The highest BCUT2D eigenvalue weighted by Gasteiger charge is 2.21. The van der Waals surface area contributed by atoms with Crippen LogP contribution in [0.4, 0.5) is 68.2 Å². The van der Waals surface area contributed by atoms with Gasteiger partial charge in [-0.15, -0.1) is 0 Å². The Labute approximate surface area is 412 Å². The Bertz CT molecular complexity index is 3340. The SMILES string of the molecule is C/C=C\c1cc(N(c2ccccc2)c2ccc(N(c3ccc(N(c4ccccc4)c4ccc5c(c4)C=CCC5)cc3)c3ccc(N(c4ccccc4)c4ccc5ccccc5c4)cc3)cc2)ccc1C. The van der Waals surface area contributed by atoms with Crippen LogP contribution in [0.15, 0.2) is 255 Å². The molecule has 0 bridgehead atoms. The normalized spacial score (nSPS) is 11.9. The zero-order valence-electron chi connectivity index (χ0n) is 39.6. The molecule has 0 saturated carbocycles. The topological polar surface area (TPSA) is 13.0 Å². The molecule has 0 atom stereocenters. The minimum Gasteiger partial charge on any atom is -0.310 e. The minimum atomic E-state index is 1.05. The molecule has 1 aliphatic rings. The molecule has 10 aromatic carbocycles. The molecule has 0 aliphatic heterocycles. The number of aryl methyl sites for hydroxylation is 2. The van der Waals surface area contributed by atoms with Crippen LogP contribution in [0.2, 0.25) is 0 Å². The van der Waals surface area contributed by atoms with Gasteiger partial charge in [0.1, 0.15) is 0 Å². The largest absolute Gasteiger partial charge is 0.310 e. The molecule has 0 spiro atoms. The average molecular weight is 903 g/mol. The standard InChI is InChI=1S/C66H54N4/c1-3-17-52-46-64(31-28-49(52)2)68(55-22-7-4-8-23-55)61-40-34-58(35-41-61)67(59-36-42-62(43-37-59)69(56-24-9-5-10-25-56)65-32-29-50-18-13-15-20-53(50)47-65)60-38-44-63(45-39-60)70(57-26-11-6-12-27-57)66-33-30-51-19-14-16-21-54(51)48-66/h3-13,15-18,20-48H,14,19H2,1-2H3/b17-3-. The van der Waals surface area contributed by atoms with Crippen LogP contribution in [-0.4, -0.2) is 0 Å². The third-order valence-electron chi connectivity index (χ3n) is 13.3. The van der Waals surface area contributed by atoms with E-state index in [1.54, 1.807) is 0 Å². The molecule has 10 aromatic rings. The number of benzene rings is 10. The van der Waals surface area contributed by atoms with Crippen molar-refractivity contribution < 1.29 is 0 Å². The molecule has 1 aliphatic carbocycles. The first-order chi connectivity index (χ1) is 34.6. The monoisotopic (exact) mass is 902 g/mol. The molecule has 11 rings (SSSR count). The molecule has 4 heteroatoms. The molecule has 0 amide bonds. The molecule has 70 heavy (non-hydrogen) atoms. The van der Waals surface area contributed by atoms with Crippen molar-refractivity contribution in [2.75, 3.05) is 19.6 Å². The van der Waals surface area contributed by atoms with E-state index in [-0.39, 0.29) is 0 Å². The van der Waals surface area contributed by atoms with Gasteiger partial charge in [0.25, 0.3) is 0 Å². The van der Waals surface area contributed by atoms with Crippen molar-refractivity contribution in [2.45, 2.75) is 26.7 Å². The van der Waals surface area contributed by atoms with Crippen LogP contribution in [0.3, 0.4) is 0 Å². The molecule has 4 nitrogen and oxygen atoms in total. The summed E-state index contributed by atoms with van der Waals surface area (Å²) in [6.45, 7) is 4.24. The summed E-state index contributed by atoms with van der Waals surface area (Å²) in [4.78, 5) is 9.39. The number of para-hydroxylation sites is 3. The van der Waals surface area contributed by atoms with Crippen molar-refractivity contribution >= 4 is 91.2 Å². The van der Waals surface area contributed by atoms with E-state index < -0.39 is 0 Å². The lowest BCUT2D eigenvalue weighted by atomic mass is 9.96. The molecule has 0 aromatic heterocycles. The number of hydrogen-bond acceptors (Lipinski definition) is 4. The van der Waals surface area contributed by atoms with Gasteiger partial charge in [0.15, 0.2) is 0 Å². The van der Waals surface area contributed by atoms with Gasteiger partial charge in [-0.05, 0) is 205 Å². The molecular weight excluding hydrogens is 849 g/mol. The van der Waals surface area contributed by atoms with Gasteiger partial charge in [0, 0.05) is 68.2 Å². The lowest BCUT2D eigenvalue weighted by Gasteiger charge is -2.30. The van der Waals surface area contributed by atoms with Crippen LogP contribution in [-0.2, 0) is 6.42 Å². The highest BCUT2D eigenvalue weighted by Crippen LogP contribution is 2.44. The smallest absolute Gasteiger partial charge is 0.0468 e. The summed E-state index contributed by atoms with van der Waals surface area (Å²) in [5.74, 6) is 0. The fraction of sp³-hybridized carbons (Fsp3) is 0.0606. The van der Waals surface area contributed by atoms with Crippen molar-refractivity contribution in [1.82, 2.24) is 0 Å². The van der Waals surface area contributed by atoms with Gasteiger partial charge in [-0.2, -0.15) is 0 Å². The second-order valence-corrected chi connectivity index (χ2v) is 17.8. The Balaban J connectivity index is 1.01. The van der Waals surface area contributed by atoms with Crippen LogP contribution < -0.4 is 19.6 Å². The maximum Gasteiger partial charge on any atom is 0.0468 e. The Morgan fingerprint density at radius 2 is 0.714 bits per heavy atom. The lowest BCUT2D eigenvalue weighted by molar-refractivity contribution is 0.985. The van der Waals surface area contributed by atoms with Crippen LogP contribution >= 0.6 is 0 Å². The molecule has 0 radical (unpaired) electrons. The van der Waals surface area contributed by atoms with Crippen molar-refractivity contribution in [2.24, 2.45) is 0 Å². The third kappa shape index (κ3) is 8.99. The Morgan fingerprint density at radius 1 is 0.343 bits per heavy atom. The van der Waals surface area contributed by atoms with E-state index in [4.69, 9.17) is 0 Å². The van der Waals surface area contributed by atoms with Gasteiger partial charge in [-0.25, -0.2) is 0 Å². The number of anilines is 12. The highest BCUT2D eigenvalue weighted by molar-refractivity contribution is 5.90. The average Bonchev–Trinajstić information content (AvgIpc) is 3.42. The molecule has 0 saturated heterocycles. The summed E-state index contributed by atoms with van der Waals surface area (Å²) in [5.41, 5.74) is 18.2. The second kappa shape index (κ2) is 19.8. The molecule has 0 fully saturated rings. The molecule has 338 valence electrons. The Hall–Kier alpha value is -8.86. The number of fused-ring (bicyclic) bond motifs is 2. The highest BCUT2D eigenvalue weighted by atomic mass is 15.2. The molecular formula is C66H54N4. The number of nitrogens with zero attached hydrogens (tertiary/aromatic N) is 4. The Kier molecular flexibility index (Phi) is 12.3. The number of hydrogen-bond donors (Lipinski definition) is 0. The van der Waals surface area contributed by atoms with E-state index in [1.165, 1.54) is 33.0 Å². The van der Waals surface area contributed by atoms with Gasteiger partial charge in [0.05, 0.1) is 0 Å². The first-order valence-electron chi connectivity index (χ1n) is 24.3. The predicted octanol–water partition coefficient (Wildman–Crippen LogP) is 19.0. The summed E-state index contributed by atoms with van der Waals surface area (Å²) >= 11 is 0. The van der Waals surface area contributed by atoms with Crippen molar-refractivity contribution in [3.05, 3.63) is 277 Å². The summed E-state index contributed by atoms with van der Waals surface area (Å²) in [6, 6.07) is 87.8. The molecule has 0 unspecified atom stereocenters. The summed E-state index contributed by atoms with van der Waals surface area (Å²) in [5, 5.41) is 2.43. The van der Waals surface area contributed by atoms with Gasteiger partial charge in [0.2, 0.25) is 0 Å². The van der Waals surface area contributed by atoms with E-state index in [0.717, 1.165) is 81.1 Å². The maximum absolute atomic E-state index is 2.36. The zero-order valence-corrected chi connectivity index (χ0v) is 39.6. The molecule has 0 N–H and O–H groups in total. The fourth-order valence-electron chi connectivity index (χ4n) is 9.77. The van der Waals surface area contributed by atoms with Crippen LogP contribution in [0.5, 0.6) is 0 Å². The van der Waals surface area contributed by atoms with Crippen molar-refractivity contribution in [3.8, 4) is 0 Å². The number of allylic oxidation sites excluding steroid dienone is 2. The van der Waals surface area contributed by atoms with Crippen LogP contribution in [0.25, 0.3) is 22.9 Å². The quantitative estimate of drug-likeness (QED) is 0.114. The van der Waals surface area contributed by atoms with Gasteiger partial charge in [-0.1, -0.05) is 121 Å². The van der Waals surface area contributed by atoms with E-state index in [0.29, 0.717) is 0 Å². The van der Waals surface area contributed by atoms with Crippen LogP contribution in [0.1, 0.15) is 35.6 Å². The maximum atomic E-state index is 2.36. The fourth-order valence-corrected chi connectivity index (χ4v) is 9.77. The van der Waals surface area contributed by atoms with Gasteiger partial charge >= 0.3 is 0 Å². The summed E-state index contributed by atoms with van der Waals surface area (Å²) < 4.78 is 0. The van der Waals surface area contributed by atoms with Gasteiger partial charge in [-0.3, -0.25) is 0 Å². The zero-order chi connectivity index (χ0) is 47.2. The summed E-state index contributed by atoms with van der Waals surface area (Å²) in [6.07, 6.45) is 11.0. The third-order valence-corrected chi connectivity index (χ3v) is 13.3. The van der Waals surface area contributed by atoms with Crippen molar-refractivity contribution in [3.63, 3.8) is 0 Å². The number of rotatable bonds is 13. The predicted molar refractivity (Wildman–Crippen MR) is 299 cm³/mol. The summed E-state index contributed by atoms with van der Waals surface area (Å²) in [7, 11) is 0. The first kappa shape index (κ1) is 43.7. The first-order valence-corrected chi connectivity index (χ1v) is 24.3. The second-order valence-electron chi connectivity index (χ2n) is 17.8. The van der Waals surface area contributed by atoms with E-state index in [1.807, 2.05) is 0 Å². The minimum absolute atomic E-state index is 1.05.